The first-order chi connectivity index (χ1) is 13.5. The average molecular weight is 383 g/mol. The highest BCUT2D eigenvalue weighted by atomic mass is 16.6. The van der Waals surface area contributed by atoms with Crippen molar-refractivity contribution in [3.63, 3.8) is 0 Å². The Morgan fingerprint density at radius 1 is 1.25 bits per heavy atom. The topological polar surface area (TPSA) is 84.2 Å². The first-order valence-corrected chi connectivity index (χ1v) is 9.12. The van der Waals surface area contributed by atoms with Gasteiger partial charge in [0.15, 0.2) is 0 Å². The van der Waals surface area contributed by atoms with E-state index in [4.69, 9.17) is 9.57 Å². The Morgan fingerprint density at radius 3 is 2.71 bits per heavy atom. The maximum absolute atomic E-state index is 13.0. The van der Waals surface area contributed by atoms with Gasteiger partial charge in [0.25, 0.3) is 5.91 Å². The Labute approximate surface area is 164 Å². The van der Waals surface area contributed by atoms with Crippen LogP contribution in [0.15, 0.2) is 35.5 Å². The lowest BCUT2D eigenvalue weighted by Crippen LogP contribution is -2.38. The number of aryl methyl sites for hydroxylation is 1. The smallest absolute Gasteiger partial charge is 0.273 e. The van der Waals surface area contributed by atoms with E-state index in [-0.39, 0.29) is 24.2 Å². The summed E-state index contributed by atoms with van der Waals surface area (Å²) >= 11 is 0. The van der Waals surface area contributed by atoms with Gasteiger partial charge >= 0.3 is 0 Å². The van der Waals surface area contributed by atoms with E-state index in [1.165, 1.54) is 12.7 Å². The number of amides is 1. The van der Waals surface area contributed by atoms with Crippen LogP contribution in [0.25, 0.3) is 11.1 Å². The minimum atomic E-state index is -0.340. The van der Waals surface area contributed by atoms with Crippen molar-refractivity contribution in [3.8, 4) is 17.0 Å². The predicted octanol–water partition coefficient (Wildman–Crippen LogP) is 2.58. The number of pyridine rings is 1. The van der Waals surface area contributed by atoms with Crippen molar-refractivity contribution in [3.05, 3.63) is 47.2 Å². The third kappa shape index (κ3) is 3.71. The van der Waals surface area contributed by atoms with Crippen LogP contribution in [-0.4, -0.2) is 60.0 Å². The molecule has 28 heavy (non-hydrogen) atoms. The molecule has 1 amide bonds. The molecule has 148 valence electrons. The number of aliphatic hydroxyl groups is 1. The number of carbonyl (C=O) groups excluding carboxylic acids is 1. The summed E-state index contributed by atoms with van der Waals surface area (Å²) in [6.45, 7) is 4.26. The van der Waals surface area contributed by atoms with Crippen molar-refractivity contribution < 1.29 is 19.5 Å². The van der Waals surface area contributed by atoms with Gasteiger partial charge in [-0.1, -0.05) is 23.4 Å². The van der Waals surface area contributed by atoms with Crippen molar-refractivity contribution in [2.75, 3.05) is 27.4 Å². The fraction of sp³-hybridized carbons (Fsp3) is 0.381. The van der Waals surface area contributed by atoms with Gasteiger partial charge in [-0.25, -0.2) is 4.98 Å². The number of nitrogens with zero attached hydrogens (tertiary/aromatic N) is 3. The highest BCUT2D eigenvalue weighted by molar-refractivity contribution is 5.99. The number of aromatic nitrogens is 1. The van der Waals surface area contributed by atoms with Gasteiger partial charge in [0, 0.05) is 12.0 Å². The maximum atomic E-state index is 13.0. The van der Waals surface area contributed by atoms with Gasteiger partial charge < -0.3 is 19.6 Å². The van der Waals surface area contributed by atoms with Crippen molar-refractivity contribution in [1.82, 2.24) is 9.88 Å². The first-order valence-electron chi connectivity index (χ1n) is 9.12. The predicted molar refractivity (Wildman–Crippen MR) is 107 cm³/mol. The Morgan fingerprint density at radius 2 is 2.04 bits per heavy atom. The number of methoxy groups -OCH3 is 1. The SMILES string of the molecule is CO/N=C1/CC(CO)N(C(=O)c2ccc(-c3cccc(C)c3C)c(OC)n2)C1. The quantitative estimate of drug-likeness (QED) is 0.803. The number of oxime groups is 1. The summed E-state index contributed by atoms with van der Waals surface area (Å²) in [5, 5.41) is 13.6. The number of carbonyl (C=O) groups is 1. The molecule has 1 fully saturated rings. The number of ether oxygens (including phenoxy) is 1. The standard InChI is InChI=1S/C21H25N3O4/c1-13-6-5-7-17(14(13)2)18-8-9-19(22-20(18)27-3)21(26)24-11-15(23-28-4)10-16(24)12-25/h5-9,16,25H,10-12H2,1-4H3/b23-15-. The lowest BCUT2D eigenvalue weighted by molar-refractivity contribution is 0.0673. The minimum absolute atomic E-state index is 0.147. The van der Waals surface area contributed by atoms with Crippen LogP contribution in [0.2, 0.25) is 0 Å². The summed E-state index contributed by atoms with van der Waals surface area (Å²) in [4.78, 5) is 23.8. The van der Waals surface area contributed by atoms with Gasteiger partial charge in [-0.3, -0.25) is 4.79 Å². The molecule has 0 spiro atoms. The second kappa shape index (κ2) is 8.39. The van der Waals surface area contributed by atoms with Gasteiger partial charge in [0.2, 0.25) is 5.88 Å². The van der Waals surface area contributed by atoms with Crippen molar-refractivity contribution in [1.29, 1.82) is 0 Å². The molecule has 0 saturated carbocycles. The van der Waals surface area contributed by atoms with E-state index in [0.717, 1.165) is 16.7 Å². The second-order valence-electron chi connectivity index (χ2n) is 6.81. The zero-order valence-electron chi connectivity index (χ0n) is 16.6. The van der Waals surface area contributed by atoms with E-state index in [1.54, 1.807) is 18.1 Å². The fourth-order valence-corrected chi connectivity index (χ4v) is 3.48. The minimum Gasteiger partial charge on any atom is -0.481 e. The van der Waals surface area contributed by atoms with Gasteiger partial charge in [-0.05, 0) is 42.7 Å². The summed E-state index contributed by atoms with van der Waals surface area (Å²) < 4.78 is 5.49. The largest absolute Gasteiger partial charge is 0.481 e. The zero-order valence-corrected chi connectivity index (χ0v) is 16.6. The third-order valence-corrected chi connectivity index (χ3v) is 5.12. The summed E-state index contributed by atoms with van der Waals surface area (Å²) in [6, 6.07) is 9.27. The molecule has 1 atom stereocenters. The van der Waals surface area contributed by atoms with Gasteiger partial charge in [0.05, 0.1) is 32.0 Å². The average Bonchev–Trinajstić information content (AvgIpc) is 3.12. The monoisotopic (exact) mass is 383 g/mol. The molecular formula is C21H25N3O4. The molecule has 1 aromatic carbocycles. The van der Waals surface area contributed by atoms with Crippen molar-refractivity contribution in [2.24, 2.45) is 5.16 Å². The van der Waals surface area contributed by atoms with Crippen molar-refractivity contribution >= 4 is 11.6 Å². The normalized spacial score (nSPS) is 17.8. The molecule has 7 heteroatoms. The van der Waals surface area contributed by atoms with E-state index in [9.17, 15) is 9.90 Å². The van der Waals surface area contributed by atoms with Crippen LogP contribution in [0.4, 0.5) is 0 Å². The molecule has 1 N–H and O–H groups in total. The number of hydrogen-bond donors (Lipinski definition) is 1. The number of rotatable bonds is 5. The summed E-state index contributed by atoms with van der Waals surface area (Å²) in [6.07, 6.45) is 0.480. The van der Waals surface area contributed by atoms with Crippen LogP contribution in [0.5, 0.6) is 5.88 Å². The summed E-state index contributed by atoms with van der Waals surface area (Å²) in [7, 11) is 3.00. The Hall–Kier alpha value is -2.93. The zero-order chi connectivity index (χ0) is 20.3. The molecule has 0 bridgehead atoms. The highest BCUT2D eigenvalue weighted by Crippen LogP contribution is 2.32. The van der Waals surface area contributed by atoms with E-state index in [0.29, 0.717) is 24.6 Å². The molecule has 0 radical (unpaired) electrons. The Balaban J connectivity index is 1.95. The lowest BCUT2D eigenvalue weighted by atomic mass is 9.97. The van der Waals surface area contributed by atoms with E-state index < -0.39 is 0 Å². The molecule has 7 nitrogen and oxygen atoms in total. The summed E-state index contributed by atoms with van der Waals surface area (Å²) in [5.74, 6) is 0.122. The number of hydrogen-bond acceptors (Lipinski definition) is 6. The molecular weight excluding hydrogens is 358 g/mol. The van der Waals surface area contributed by atoms with Crippen LogP contribution in [-0.2, 0) is 4.84 Å². The molecule has 1 aromatic heterocycles. The first kappa shape index (κ1) is 19.8. The van der Waals surface area contributed by atoms with E-state index >= 15 is 0 Å². The number of benzene rings is 1. The lowest BCUT2D eigenvalue weighted by Gasteiger charge is -2.22. The van der Waals surface area contributed by atoms with Crippen molar-refractivity contribution in [2.45, 2.75) is 26.3 Å². The summed E-state index contributed by atoms with van der Waals surface area (Å²) in [5.41, 5.74) is 5.15. The second-order valence-corrected chi connectivity index (χ2v) is 6.81. The molecule has 1 unspecified atom stereocenters. The fourth-order valence-electron chi connectivity index (χ4n) is 3.48. The van der Waals surface area contributed by atoms with E-state index in [2.05, 4.69) is 30.1 Å². The Bertz CT molecular complexity index is 911. The molecule has 0 aliphatic carbocycles. The third-order valence-electron chi connectivity index (χ3n) is 5.12. The van der Waals surface area contributed by atoms with E-state index in [1.807, 2.05) is 18.2 Å². The van der Waals surface area contributed by atoms with Crippen LogP contribution in [0, 0.1) is 13.8 Å². The molecule has 1 aliphatic heterocycles. The molecule has 2 aromatic rings. The van der Waals surface area contributed by atoms with Crippen LogP contribution in [0.1, 0.15) is 28.0 Å². The van der Waals surface area contributed by atoms with Gasteiger partial charge in [0.1, 0.15) is 12.8 Å². The van der Waals surface area contributed by atoms with Gasteiger partial charge in [-0.2, -0.15) is 0 Å². The Kier molecular flexibility index (Phi) is 5.94. The highest BCUT2D eigenvalue weighted by Gasteiger charge is 2.34. The van der Waals surface area contributed by atoms with Gasteiger partial charge in [-0.15, -0.1) is 0 Å². The molecule has 3 rings (SSSR count). The molecule has 1 aliphatic rings. The van der Waals surface area contributed by atoms with Crippen LogP contribution < -0.4 is 4.74 Å². The number of likely N-dealkylation sites (tertiary alicyclic amines) is 1. The molecule has 1 saturated heterocycles. The maximum Gasteiger partial charge on any atom is 0.273 e. The van der Waals surface area contributed by atoms with Crippen LogP contribution in [0.3, 0.4) is 0 Å². The molecule has 2 heterocycles. The van der Waals surface area contributed by atoms with Crippen LogP contribution >= 0.6 is 0 Å². The number of aliphatic hydroxyl groups excluding tert-OH is 1.